The van der Waals surface area contributed by atoms with Crippen LogP contribution in [0.25, 0.3) is 0 Å². The van der Waals surface area contributed by atoms with Crippen molar-refractivity contribution in [1.82, 2.24) is 0 Å². The maximum absolute atomic E-state index is 12.7. The Morgan fingerprint density at radius 2 is 1.03 bits per heavy atom. The summed E-state index contributed by atoms with van der Waals surface area (Å²) in [7, 11) is -2.89. The van der Waals surface area contributed by atoms with Crippen LogP contribution in [0.3, 0.4) is 0 Å². The van der Waals surface area contributed by atoms with Gasteiger partial charge in [0.1, 0.15) is 11.2 Å². The Bertz CT molecular complexity index is 851. The molecule has 7 heteroatoms. The van der Waals surface area contributed by atoms with Gasteiger partial charge in [-0.15, -0.1) is 0 Å². The van der Waals surface area contributed by atoms with E-state index < -0.39 is 31.8 Å². The summed E-state index contributed by atoms with van der Waals surface area (Å²) in [5, 5.41) is 9.88. The molecule has 0 spiro atoms. The molecule has 0 fully saturated rings. The van der Waals surface area contributed by atoms with Crippen molar-refractivity contribution in [3.8, 4) is 0 Å². The van der Waals surface area contributed by atoms with Crippen molar-refractivity contribution in [2.75, 3.05) is 0 Å². The lowest BCUT2D eigenvalue weighted by Crippen LogP contribution is -2.67. The smallest absolute Gasteiger partial charge is 0.479 e. The highest BCUT2D eigenvalue weighted by molar-refractivity contribution is 7.00. The molecule has 2 rings (SSSR count). The zero-order valence-electron chi connectivity index (χ0n) is 21.3. The molecule has 6 nitrogen and oxygen atoms in total. The molecular formula is C26H38O6Si. The average molecular weight is 475 g/mol. The summed E-state index contributed by atoms with van der Waals surface area (Å²) >= 11 is 0. The highest BCUT2D eigenvalue weighted by atomic mass is 28.4. The fraction of sp³-hybridized carbons (Fsp3) is 0.462. The molecule has 0 aliphatic heterocycles. The Labute approximate surface area is 199 Å². The van der Waals surface area contributed by atoms with Crippen LogP contribution < -0.4 is 10.4 Å². The van der Waals surface area contributed by atoms with Gasteiger partial charge in [-0.1, -0.05) is 81.4 Å². The number of carbonyl (C=O) groups excluding carboxylic acids is 1. The van der Waals surface area contributed by atoms with E-state index >= 15 is 0 Å². The molecule has 33 heavy (non-hydrogen) atoms. The second kappa shape index (κ2) is 10.9. The molecule has 0 aromatic heterocycles. The zero-order valence-corrected chi connectivity index (χ0v) is 22.3. The van der Waals surface area contributed by atoms with Gasteiger partial charge in [-0.2, -0.15) is 0 Å². The van der Waals surface area contributed by atoms with Gasteiger partial charge < -0.3 is 19.0 Å². The summed E-state index contributed by atoms with van der Waals surface area (Å²) < 4.78 is 16.1. The van der Waals surface area contributed by atoms with Crippen LogP contribution in [0.2, 0.25) is 5.04 Å². The molecule has 0 heterocycles. The van der Waals surface area contributed by atoms with Gasteiger partial charge in [-0.25, -0.2) is 9.59 Å². The third kappa shape index (κ3) is 8.92. The standard InChI is InChI=1S/C21H28O3Si.C5H10O3/c1-20(2,3)23-19(22)24-25(21(4,5)6,17-13-9-7-10-14-17)18-15-11-8-12-16-18;1-5(2,3)8-4(6)7/h7-16H,1-6H3;1-3H3,(H,6,7). The topological polar surface area (TPSA) is 82.1 Å². The van der Waals surface area contributed by atoms with Crippen molar-refractivity contribution < 1.29 is 28.6 Å². The van der Waals surface area contributed by atoms with Gasteiger partial charge in [0.2, 0.25) is 0 Å². The predicted molar refractivity (Wildman–Crippen MR) is 134 cm³/mol. The van der Waals surface area contributed by atoms with E-state index in [-0.39, 0.29) is 5.04 Å². The van der Waals surface area contributed by atoms with Crippen LogP contribution in [0.15, 0.2) is 60.7 Å². The second-order valence-corrected chi connectivity index (χ2v) is 14.9. The van der Waals surface area contributed by atoms with Gasteiger partial charge in [-0.05, 0) is 51.9 Å². The van der Waals surface area contributed by atoms with Crippen molar-refractivity contribution in [2.45, 2.75) is 78.6 Å². The van der Waals surface area contributed by atoms with Gasteiger partial charge in [-0.3, -0.25) is 0 Å². The van der Waals surface area contributed by atoms with E-state index in [2.05, 4.69) is 49.8 Å². The Hall–Kier alpha value is -2.80. The van der Waals surface area contributed by atoms with Gasteiger partial charge in [0.05, 0.1) is 0 Å². The molecule has 0 saturated heterocycles. The molecule has 1 N–H and O–H groups in total. The van der Waals surface area contributed by atoms with Crippen LogP contribution in [0.4, 0.5) is 9.59 Å². The minimum Gasteiger partial charge on any atom is -0.479 e. The van der Waals surface area contributed by atoms with E-state index in [4.69, 9.17) is 14.3 Å². The van der Waals surface area contributed by atoms with Crippen molar-refractivity contribution in [3.05, 3.63) is 60.7 Å². The monoisotopic (exact) mass is 474 g/mol. The molecule has 2 aromatic carbocycles. The summed E-state index contributed by atoms with van der Waals surface area (Å²) in [6.45, 7) is 17.0. The van der Waals surface area contributed by atoms with Crippen LogP contribution in [0, 0.1) is 0 Å². The first-order valence-electron chi connectivity index (χ1n) is 10.9. The quantitative estimate of drug-likeness (QED) is 0.435. The van der Waals surface area contributed by atoms with Gasteiger partial charge >= 0.3 is 20.6 Å². The normalized spacial score (nSPS) is 12.2. The maximum atomic E-state index is 12.7. The molecule has 2 aromatic rings. The maximum Gasteiger partial charge on any atom is 0.506 e. The van der Waals surface area contributed by atoms with Crippen molar-refractivity contribution in [3.63, 3.8) is 0 Å². The van der Waals surface area contributed by atoms with Gasteiger partial charge in [0, 0.05) is 5.04 Å². The van der Waals surface area contributed by atoms with E-state index in [1.807, 2.05) is 57.2 Å². The lowest BCUT2D eigenvalue weighted by Gasteiger charge is -2.42. The molecule has 0 aliphatic rings. The number of rotatable bonds is 3. The molecule has 0 atom stereocenters. The van der Waals surface area contributed by atoms with E-state index in [0.29, 0.717) is 0 Å². The van der Waals surface area contributed by atoms with Crippen LogP contribution in [0.5, 0.6) is 0 Å². The fourth-order valence-corrected chi connectivity index (χ4v) is 7.53. The number of carboxylic acid groups (broad SMARTS) is 1. The molecule has 0 unspecified atom stereocenters. The molecule has 0 saturated carbocycles. The fourth-order valence-electron chi connectivity index (χ4n) is 3.31. The first kappa shape index (κ1) is 28.2. The lowest BCUT2D eigenvalue weighted by molar-refractivity contribution is 0.0145. The van der Waals surface area contributed by atoms with E-state index in [9.17, 15) is 9.59 Å². The number of benzene rings is 2. The largest absolute Gasteiger partial charge is 0.506 e. The van der Waals surface area contributed by atoms with E-state index in [0.717, 1.165) is 10.4 Å². The summed E-state index contributed by atoms with van der Waals surface area (Å²) in [6, 6.07) is 20.1. The Morgan fingerprint density at radius 3 is 1.27 bits per heavy atom. The minimum atomic E-state index is -2.89. The van der Waals surface area contributed by atoms with Crippen LogP contribution in [0.1, 0.15) is 62.3 Å². The van der Waals surface area contributed by atoms with Gasteiger partial charge in [0.25, 0.3) is 0 Å². The first-order valence-corrected chi connectivity index (χ1v) is 12.8. The van der Waals surface area contributed by atoms with Crippen molar-refractivity contribution >= 4 is 31.0 Å². The summed E-state index contributed by atoms with van der Waals surface area (Å²) in [6.07, 6.45) is -1.83. The predicted octanol–water partition coefficient (Wildman–Crippen LogP) is 5.98. The Kier molecular flexibility index (Phi) is 9.30. The summed E-state index contributed by atoms with van der Waals surface area (Å²) in [5.74, 6) is 0. The van der Waals surface area contributed by atoms with Crippen LogP contribution in [-0.4, -0.2) is 36.9 Å². The molecule has 182 valence electrons. The number of hydrogen-bond donors (Lipinski definition) is 1. The highest BCUT2D eigenvalue weighted by Gasteiger charge is 2.53. The van der Waals surface area contributed by atoms with E-state index in [1.54, 1.807) is 20.8 Å². The molecular weight excluding hydrogens is 436 g/mol. The number of ether oxygens (including phenoxy) is 2. The second-order valence-electron chi connectivity index (χ2n) is 10.7. The average Bonchev–Trinajstić information content (AvgIpc) is 2.63. The van der Waals surface area contributed by atoms with Gasteiger partial charge in [0.15, 0.2) is 0 Å². The van der Waals surface area contributed by atoms with E-state index in [1.165, 1.54) is 0 Å². The first-order chi connectivity index (χ1) is 15.0. The highest BCUT2D eigenvalue weighted by Crippen LogP contribution is 2.37. The molecule has 0 bridgehead atoms. The third-order valence-electron chi connectivity index (χ3n) is 4.44. The number of hydrogen-bond acceptors (Lipinski definition) is 5. The molecule has 0 radical (unpaired) electrons. The minimum absolute atomic E-state index is 0.257. The Balaban J connectivity index is 0.000000582. The Morgan fingerprint density at radius 1 is 0.667 bits per heavy atom. The summed E-state index contributed by atoms with van der Waals surface area (Å²) in [4.78, 5) is 22.5. The van der Waals surface area contributed by atoms with Crippen molar-refractivity contribution in [1.29, 1.82) is 0 Å². The zero-order chi connectivity index (χ0) is 25.5. The lowest BCUT2D eigenvalue weighted by atomic mass is 10.2. The molecule has 0 amide bonds. The number of carbonyl (C=O) groups is 2. The third-order valence-corrected chi connectivity index (χ3v) is 9.31. The molecule has 0 aliphatic carbocycles. The van der Waals surface area contributed by atoms with Crippen LogP contribution >= 0.6 is 0 Å². The van der Waals surface area contributed by atoms with Crippen LogP contribution in [-0.2, 0) is 13.9 Å². The van der Waals surface area contributed by atoms with Crippen molar-refractivity contribution in [2.24, 2.45) is 0 Å². The SMILES string of the molecule is CC(C)(C)OC(=O)O.CC(C)(C)OC(=O)O[Si](c1ccccc1)(c1ccccc1)C(C)(C)C. The summed E-state index contributed by atoms with van der Waals surface area (Å²) in [5.41, 5.74) is -1.17.